The molecular weight excluding hydrogens is 823 g/mol. The van der Waals surface area contributed by atoms with Gasteiger partial charge < -0.3 is 34.6 Å². The van der Waals surface area contributed by atoms with E-state index in [4.69, 9.17) is 19.4 Å². The van der Waals surface area contributed by atoms with Crippen molar-refractivity contribution >= 4 is 82.9 Å². The highest BCUT2D eigenvalue weighted by Crippen LogP contribution is 2.49. The molecule has 0 bridgehead atoms. The number of aromatic amines is 2. The standard InChI is InChI=1S/C43H53N7O5.4H2S/c1-26(2)28(5)40(51)49-19-7-8-35(49)38-44-24-34(47-38)31-14-11-29(12-15-31)9-10-30-13-16-32-33(22-30)46-39(45-32)36-23-43(17-20-55-21-18-43)25-50(36)41(52)37(27(3)4)48-42(53)54-6;;;;/h11-16,22,24,26-28,35-37H,7-8,17-21,23,25H2,1-6H3,(H,44,47)(H,45,46)(H,48,53);4*1H2/t28-,35-,36-,37-;;;;/m0..../s1. The quantitative estimate of drug-likeness (QED) is 0.159. The summed E-state index contributed by atoms with van der Waals surface area (Å²) in [4.78, 5) is 60.0. The maximum Gasteiger partial charge on any atom is 0.407 e. The van der Waals surface area contributed by atoms with Gasteiger partial charge in [0.15, 0.2) is 0 Å². The van der Waals surface area contributed by atoms with Gasteiger partial charge in [-0.05, 0) is 85.3 Å². The molecule has 322 valence electrons. The molecule has 0 aliphatic carbocycles. The van der Waals surface area contributed by atoms with Crippen molar-refractivity contribution in [3.05, 3.63) is 71.4 Å². The Balaban J connectivity index is 0.00000233. The molecule has 3 aliphatic rings. The zero-order valence-electron chi connectivity index (χ0n) is 34.8. The Hall–Kier alpha value is -3.75. The van der Waals surface area contributed by atoms with Gasteiger partial charge in [0.05, 0.1) is 42.1 Å². The fourth-order valence-electron chi connectivity index (χ4n) is 8.23. The first kappa shape index (κ1) is 49.6. The number of rotatable bonds is 8. The van der Waals surface area contributed by atoms with E-state index < -0.39 is 12.1 Å². The van der Waals surface area contributed by atoms with E-state index in [0.717, 1.165) is 83.7 Å². The number of carbonyl (C=O) groups is 3. The van der Waals surface area contributed by atoms with Gasteiger partial charge in [-0.25, -0.2) is 14.8 Å². The van der Waals surface area contributed by atoms with Crippen LogP contribution in [0.4, 0.5) is 4.79 Å². The van der Waals surface area contributed by atoms with E-state index in [9.17, 15) is 14.4 Å². The van der Waals surface area contributed by atoms with E-state index in [1.165, 1.54) is 7.11 Å². The number of imidazole rings is 2. The first-order valence-electron chi connectivity index (χ1n) is 19.7. The maximum atomic E-state index is 14.1. The molecule has 3 N–H and O–H groups in total. The van der Waals surface area contributed by atoms with E-state index in [0.29, 0.717) is 25.7 Å². The molecular formula is C43H61N7O5S4. The molecule has 2 aromatic carbocycles. The molecule has 7 rings (SSSR count). The first-order chi connectivity index (χ1) is 26.4. The van der Waals surface area contributed by atoms with E-state index in [1.807, 2.05) is 79.2 Å². The summed E-state index contributed by atoms with van der Waals surface area (Å²) in [5, 5.41) is 2.76. The molecule has 16 heteroatoms. The highest BCUT2D eigenvalue weighted by molar-refractivity contribution is 7.59. The first-order valence-corrected chi connectivity index (χ1v) is 19.7. The summed E-state index contributed by atoms with van der Waals surface area (Å²) in [6.07, 6.45) is 5.62. The van der Waals surface area contributed by atoms with Gasteiger partial charge in [-0.1, -0.05) is 58.6 Å². The minimum atomic E-state index is -0.722. The summed E-state index contributed by atoms with van der Waals surface area (Å²) >= 11 is 0. The molecule has 12 nitrogen and oxygen atoms in total. The van der Waals surface area contributed by atoms with Crippen LogP contribution in [0, 0.1) is 35.0 Å². The number of nitrogens with zero attached hydrogens (tertiary/aromatic N) is 4. The van der Waals surface area contributed by atoms with E-state index >= 15 is 0 Å². The number of H-pyrrole nitrogens is 2. The number of aromatic nitrogens is 4. The molecule has 3 fully saturated rings. The maximum absolute atomic E-state index is 14.1. The molecule has 3 saturated heterocycles. The highest BCUT2D eigenvalue weighted by Gasteiger charge is 2.49. The molecule has 5 heterocycles. The zero-order valence-corrected chi connectivity index (χ0v) is 38.8. The fraction of sp³-hybridized carbons (Fsp3) is 0.512. The van der Waals surface area contributed by atoms with Crippen LogP contribution in [0.1, 0.15) is 102 Å². The van der Waals surface area contributed by atoms with Crippen LogP contribution in [-0.4, -0.2) is 87.1 Å². The van der Waals surface area contributed by atoms with Gasteiger partial charge in [-0.15, -0.1) is 0 Å². The average molecular weight is 884 g/mol. The summed E-state index contributed by atoms with van der Waals surface area (Å²) in [5.74, 6) is 8.38. The van der Waals surface area contributed by atoms with Crippen molar-refractivity contribution in [1.82, 2.24) is 35.1 Å². The normalized spacial score (nSPS) is 19.1. The van der Waals surface area contributed by atoms with Crippen LogP contribution < -0.4 is 5.32 Å². The second-order valence-corrected chi connectivity index (χ2v) is 16.2. The third kappa shape index (κ3) is 10.8. The van der Waals surface area contributed by atoms with Crippen LogP contribution in [0.3, 0.4) is 0 Å². The number of fused-ring (bicyclic) bond motifs is 1. The SMILES string of the molecule is COC(=O)N[C@H](C(=O)N1CC2(CCOCC2)C[C@H]1c1nc2ccc(C#Cc3ccc(-c4cnc([C@@H]5CCCN5C(=O)[C@@H](C)C(C)C)[nH]4)cc3)cc2[nH]1)C(C)C.S.S.S.S. The highest BCUT2D eigenvalue weighted by atomic mass is 32.1. The Morgan fingerprint density at radius 1 is 0.864 bits per heavy atom. The molecule has 59 heavy (non-hydrogen) atoms. The predicted molar refractivity (Wildman–Crippen MR) is 251 cm³/mol. The summed E-state index contributed by atoms with van der Waals surface area (Å²) in [7, 11) is 1.30. The van der Waals surface area contributed by atoms with Gasteiger partial charge in [-0.2, -0.15) is 54.0 Å². The Morgan fingerprint density at radius 2 is 1.54 bits per heavy atom. The molecule has 0 unspecified atom stereocenters. The molecule has 3 aliphatic heterocycles. The number of likely N-dealkylation sites (tertiary alicyclic amines) is 2. The fourth-order valence-corrected chi connectivity index (χ4v) is 8.23. The van der Waals surface area contributed by atoms with Gasteiger partial charge in [0.1, 0.15) is 17.7 Å². The predicted octanol–water partition coefficient (Wildman–Crippen LogP) is 7.21. The van der Waals surface area contributed by atoms with E-state index in [2.05, 4.69) is 41.0 Å². The number of carbonyl (C=O) groups excluding carboxylic acids is 3. The van der Waals surface area contributed by atoms with Crippen LogP contribution in [0.2, 0.25) is 0 Å². The van der Waals surface area contributed by atoms with Crippen molar-refractivity contribution in [2.75, 3.05) is 33.4 Å². The number of amides is 3. The second-order valence-electron chi connectivity index (χ2n) is 16.2. The molecule has 2 aromatic heterocycles. The lowest BCUT2D eigenvalue weighted by Gasteiger charge is -2.34. The minimum Gasteiger partial charge on any atom is -0.453 e. The van der Waals surface area contributed by atoms with Crippen LogP contribution in [0.15, 0.2) is 48.7 Å². The second kappa shape index (κ2) is 21.2. The van der Waals surface area contributed by atoms with Gasteiger partial charge in [0.2, 0.25) is 11.8 Å². The van der Waals surface area contributed by atoms with E-state index in [1.54, 1.807) is 0 Å². The van der Waals surface area contributed by atoms with Crippen molar-refractivity contribution in [1.29, 1.82) is 0 Å². The topological polar surface area (TPSA) is 146 Å². The Morgan fingerprint density at radius 3 is 2.20 bits per heavy atom. The molecule has 0 radical (unpaired) electrons. The van der Waals surface area contributed by atoms with Crippen molar-refractivity contribution in [2.45, 2.75) is 84.8 Å². The number of methoxy groups -OCH3 is 1. The number of hydrogen-bond acceptors (Lipinski definition) is 7. The third-order valence-electron chi connectivity index (χ3n) is 11.9. The Labute approximate surface area is 375 Å². The monoisotopic (exact) mass is 883 g/mol. The largest absolute Gasteiger partial charge is 0.453 e. The molecule has 4 aromatic rings. The van der Waals surface area contributed by atoms with Gasteiger partial charge in [-0.3, -0.25) is 9.59 Å². The lowest BCUT2D eigenvalue weighted by molar-refractivity contribution is -0.137. The number of ether oxygens (including phenoxy) is 2. The Kier molecular flexibility index (Phi) is 17.8. The lowest BCUT2D eigenvalue weighted by Crippen LogP contribution is -2.51. The molecule has 1 spiro atoms. The van der Waals surface area contributed by atoms with Gasteiger partial charge in [0, 0.05) is 43.3 Å². The number of nitrogens with one attached hydrogen (secondary N) is 3. The van der Waals surface area contributed by atoms with Crippen molar-refractivity contribution in [3.8, 4) is 23.1 Å². The van der Waals surface area contributed by atoms with Crippen LogP contribution >= 0.6 is 54.0 Å². The van der Waals surface area contributed by atoms with Crippen LogP contribution in [-0.2, 0) is 19.1 Å². The van der Waals surface area contributed by atoms with Crippen LogP contribution in [0.5, 0.6) is 0 Å². The summed E-state index contributed by atoms with van der Waals surface area (Å²) in [6.45, 7) is 12.7. The average Bonchev–Trinajstić information content (AvgIpc) is 4.01. The van der Waals surface area contributed by atoms with Gasteiger partial charge >= 0.3 is 6.09 Å². The molecule has 3 amide bonds. The lowest BCUT2D eigenvalue weighted by atomic mass is 9.78. The van der Waals surface area contributed by atoms with Gasteiger partial charge in [0.25, 0.3) is 0 Å². The van der Waals surface area contributed by atoms with Crippen molar-refractivity contribution < 1.29 is 23.9 Å². The number of benzene rings is 2. The van der Waals surface area contributed by atoms with Crippen molar-refractivity contribution in [3.63, 3.8) is 0 Å². The zero-order chi connectivity index (χ0) is 38.9. The number of alkyl carbamates (subject to hydrolysis) is 1. The van der Waals surface area contributed by atoms with E-state index in [-0.39, 0.29) is 95.1 Å². The van der Waals surface area contributed by atoms with Crippen LogP contribution in [0.25, 0.3) is 22.3 Å². The summed E-state index contributed by atoms with van der Waals surface area (Å²) in [6, 6.07) is 13.0. The third-order valence-corrected chi connectivity index (χ3v) is 11.9. The summed E-state index contributed by atoms with van der Waals surface area (Å²) < 4.78 is 10.5. The molecule has 4 atom stereocenters. The minimum absolute atomic E-state index is 0. The van der Waals surface area contributed by atoms with Crippen molar-refractivity contribution in [2.24, 2.45) is 23.2 Å². The smallest absolute Gasteiger partial charge is 0.407 e. The molecule has 0 saturated carbocycles. The Bertz CT molecular complexity index is 2110. The summed E-state index contributed by atoms with van der Waals surface area (Å²) in [5.41, 5.74) is 5.22. The number of hydrogen-bond donors (Lipinski definition) is 3.